The Morgan fingerprint density at radius 2 is 2.00 bits per heavy atom. The molecule has 2 heterocycles. The number of aromatic nitrogens is 3. The van der Waals surface area contributed by atoms with Gasteiger partial charge in [0.25, 0.3) is 0 Å². The zero-order valence-corrected chi connectivity index (χ0v) is 14.8. The van der Waals surface area contributed by atoms with Crippen molar-refractivity contribution in [3.63, 3.8) is 0 Å². The molecule has 3 aromatic rings. The van der Waals surface area contributed by atoms with Gasteiger partial charge >= 0.3 is 5.97 Å². The van der Waals surface area contributed by atoms with E-state index in [0.29, 0.717) is 16.5 Å². The standard InChI is InChI=1S/C18H17ClN4O2/c1-11-8-9-12(16-15(18(24)25-3)20-10-23(16)2)17(21-11)22-14-7-5-4-6-13(14)19/h4-10H,1-3H3,(H,21,22). The summed E-state index contributed by atoms with van der Waals surface area (Å²) in [7, 11) is 3.14. The van der Waals surface area contributed by atoms with E-state index in [1.165, 1.54) is 7.11 Å². The Labute approximate surface area is 150 Å². The molecule has 0 saturated heterocycles. The Balaban J connectivity index is 2.14. The number of rotatable bonds is 4. The lowest BCUT2D eigenvalue weighted by atomic mass is 10.1. The highest BCUT2D eigenvalue weighted by Crippen LogP contribution is 2.33. The summed E-state index contributed by atoms with van der Waals surface area (Å²) in [6, 6.07) is 11.2. The van der Waals surface area contributed by atoms with E-state index >= 15 is 0 Å². The molecule has 3 rings (SSSR count). The Bertz CT molecular complexity index is 937. The summed E-state index contributed by atoms with van der Waals surface area (Å²) in [6.45, 7) is 1.89. The van der Waals surface area contributed by atoms with Crippen molar-refractivity contribution in [1.82, 2.24) is 14.5 Å². The number of methoxy groups -OCH3 is 1. The maximum atomic E-state index is 12.1. The third-order valence-electron chi connectivity index (χ3n) is 3.73. The van der Waals surface area contributed by atoms with Gasteiger partial charge in [-0.1, -0.05) is 23.7 Å². The molecule has 6 nitrogen and oxygen atoms in total. The first-order chi connectivity index (χ1) is 12.0. The molecule has 0 radical (unpaired) electrons. The molecule has 0 saturated carbocycles. The molecule has 0 bridgehead atoms. The minimum absolute atomic E-state index is 0.234. The first-order valence-corrected chi connectivity index (χ1v) is 7.98. The summed E-state index contributed by atoms with van der Waals surface area (Å²) in [5, 5.41) is 3.82. The zero-order chi connectivity index (χ0) is 18.0. The number of pyridine rings is 1. The zero-order valence-electron chi connectivity index (χ0n) is 14.1. The molecule has 1 N–H and O–H groups in total. The number of esters is 1. The van der Waals surface area contributed by atoms with Crippen LogP contribution in [0, 0.1) is 6.92 Å². The van der Waals surface area contributed by atoms with Gasteiger partial charge in [-0.25, -0.2) is 14.8 Å². The summed E-state index contributed by atoms with van der Waals surface area (Å²) in [4.78, 5) is 20.8. The third kappa shape index (κ3) is 3.34. The maximum Gasteiger partial charge on any atom is 0.358 e. The van der Waals surface area contributed by atoms with E-state index in [2.05, 4.69) is 15.3 Å². The minimum atomic E-state index is -0.500. The number of aryl methyl sites for hydroxylation is 2. The number of hydrogen-bond acceptors (Lipinski definition) is 5. The van der Waals surface area contributed by atoms with Gasteiger partial charge in [-0.15, -0.1) is 0 Å². The van der Waals surface area contributed by atoms with Crippen LogP contribution in [-0.2, 0) is 11.8 Å². The van der Waals surface area contributed by atoms with Gasteiger partial charge in [0.15, 0.2) is 5.69 Å². The number of nitrogens with zero attached hydrogens (tertiary/aromatic N) is 3. The molecule has 0 unspecified atom stereocenters. The molecular formula is C18H17ClN4O2. The topological polar surface area (TPSA) is 69.0 Å². The van der Waals surface area contributed by atoms with Crippen LogP contribution in [0.15, 0.2) is 42.7 Å². The predicted molar refractivity (Wildman–Crippen MR) is 97.3 cm³/mol. The predicted octanol–water partition coefficient (Wildman–Crippen LogP) is 3.97. The fourth-order valence-corrected chi connectivity index (χ4v) is 2.71. The highest BCUT2D eigenvalue weighted by Gasteiger charge is 2.22. The van der Waals surface area contributed by atoms with Crippen molar-refractivity contribution in [2.24, 2.45) is 7.05 Å². The van der Waals surface area contributed by atoms with Crippen LogP contribution < -0.4 is 5.32 Å². The molecule has 0 aliphatic carbocycles. The Morgan fingerprint density at radius 1 is 1.24 bits per heavy atom. The highest BCUT2D eigenvalue weighted by atomic mass is 35.5. The number of halogens is 1. The van der Waals surface area contributed by atoms with Gasteiger partial charge in [0.1, 0.15) is 5.82 Å². The van der Waals surface area contributed by atoms with Crippen LogP contribution in [0.5, 0.6) is 0 Å². The smallest absolute Gasteiger partial charge is 0.358 e. The van der Waals surface area contributed by atoms with Crippen LogP contribution in [0.4, 0.5) is 11.5 Å². The Morgan fingerprint density at radius 3 is 2.72 bits per heavy atom. The van der Waals surface area contributed by atoms with Gasteiger partial charge in [-0.05, 0) is 31.2 Å². The van der Waals surface area contributed by atoms with Crippen LogP contribution >= 0.6 is 11.6 Å². The van der Waals surface area contributed by atoms with Gasteiger partial charge in [0.05, 0.1) is 29.8 Å². The molecule has 0 spiro atoms. The number of nitrogens with one attached hydrogen (secondary N) is 1. The fourth-order valence-electron chi connectivity index (χ4n) is 2.53. The van der Waals surface area contributed by atoms with E-state index in [4.69, 9.17) is 16.3 Å². The molecule has 25 heavy (non-hydrogen) atoms. The van der Waals surface area contributed by atoms with Crippen molar-refractivity contribution >= 4 is 29.1 Å². The molecule has 0 aliphatic rings. The monoisotopic (exact) mass is 356 g/mol. The summed E-state index contributed by atoms with van der Waals surface area (Å²) in [6.07, 6.45) is 1.57. The number of ether oxygens (including phenoxy) is 1. The highest BCUT2D eigenvalue weighted by molar-refractivity contribution is 6.33. The van der Waals surface area contributed by atoms with Gasteiger partial charge in [-0.3, -0.25) is 0 Å². The van der Waals surface area contributed by atoms with Crippen LogP contribution in [0.2, 0.25) is 5.02 Å². The number of benzene rings is 1. The van der Waals surface area contributed by atoms with Gasteiger partial charge in [-0.2, -0.15) is 0 Å². The van der Waals surface area contributed by atoms with Crippen molar-refractivity contribution < 1.29 is 9.53 Å². The number of hydrogen-bond donors (Lipinski definition) is 1. The molecule has 7 heteroatoms. The summed E-state index contributed by atoms with van der Waals surface area (Å²) in [5.41, 5.74) is 3.14. The molecule has 0 amide bonds. The average molecular weight is 357 g/mol. The fraction of sp³-hybridized carbons (Fsp3) is 0.167. The lowest BCUT2D eigenvalue weighted by Crippen LogP contribution is -2.07. The van der Waals surface area contributed by atoms with Crippen molar-refractivity contribution in [3.8, 4) is 11.3 Å². The third-order valence-corrected chi connectivity index (χ3v) is 4.06. The average Bonchev–Trinajstić information content (AvgIpc) is 2.98. The molecule has 1 aromatic carbocycles. The SMILES string of the molecule is COC(=O)c1ncn(C)c1-c1ccc(C)nc1Nc1ccccc1Cl. The number of anilines is 2. The molecule has 0 fully saturated rings. The summed E-state index contributed by atoms with van der Waals surface area (Å²) < 4.78 is 6.60. The largest absolute Gasteiger partial charge is 0.464 e. The summed E-state index contributed by atoms with van der Waals surface area (Å²) in [5.74, 6) is 0.0849. The number of imidazole rings is 1. The quantitative estimate of drug-likeness (QED) is 0.716. The van der Waals surface area contributed by atoms with Crippen molar-refractivity contribution in [2.75, 3.05) is 12.4 Å². The van der Waals surface area contributed by atoms with E-state index in [1.807, 2.05) is 44.3 Å². The van der Waals surface area contributed by atoms with Gasteiger partial charge in [0.2, 0.25) is 0 Å². The van der Waals surface area contributed by atoms with Gasteiger partial charge in [0, 0.05) is 18.3 Å². The molecule has 0 atom stereocenters. The lowest BCUT2D eigenvalue weighted by molar-refractivity contribution is 0.0595. The maximum absolute atomic E-state index is 12.1. The normalized spacial score (nSPS) is 10.6. The Kier molecular flexibility index (Phi) is 4.72. The molecular weight excluding hydrogens is 340 g/mol. The first kappa shape index (κ1) is 17.0. The van der Waals surface area contributed by atoms with Crippen LogP contribution in [0.25, 0.3) is 11.3 Å². The number of carbonyl (C=O) groups is 1. The van der Waals surface area contributed by atoms with Crippen molar-refractivity contribution in [1.29, 1.82) is 0 Å². The number of carbonyl (C=O) groups excluding carboxylic acids is 1. The van der Waals surface area contributed by atoms with Crippen LogP contribution in [0.1, 0.15) is 16.2 Å². The minimum Gasteiger partial charge on any atom is -0.464 e. The van der Waals surface area contributed by atoms with Crippen molar-refractivity contribution in [3.05, 3.63) is 59.1 Å². The van der Waals surface area contributed by atoms with Gasteiger partial charge < -0.3 is 14.6 Å². The molecule has 128 valence electrons. The van der Waals surface area contributed by atoms with Crippen LogP contribution in [0.3, 0.4) is 0 Å². The molecule has 0 aliphatic heterocycles. The van der Waals surface area contributed by atoms with E-state index in [1.54, 1.807) is 17.0 Å². The Hall–Kier alpha value is -2.86. The second-order valence-corrected chi connectivity index (χ2v) is 5.91. The van der Waals surface area contributed by atoms with E-state index in [9.17, 15) is 4.79 Å². The summed E-state index contributed by atoms with van der Waals surface area (Å²) >= 11 is 6.24. The van der Waals surface area contributed by atoms with Crippen LogP contribution in [-0.4, -0.2) is 27.6 Å². The van der Waals surface area contributed by atoms with E-state index in [0.717, 1.165) is 16.9 Å². The first-order valence-electron chi connectivity index (χ1n) is 7.60. The second-order valence-electron chi connectivity index (χ2n) is 5.50. The number of para-hydroxylation sites is 1. The van der Waals surface area contributed by atoms with E-state index in [-0.39, 0.29) is 5.69 Å². The lowest BCUT2D eigenvalue weighted by Gasteiger charge is -2.14. The second kappa shape index (κ2) is 6.94. The van der Waals surface area contributed by atoms with Crippen molar-refractivity contribution in [2.45, 2.75) is 6.92 Å². The molecule has 2 aromatic heterocycles. The van der Waals surface area contributed by atoms with E-state index < -0.39 is 5.97 Å².